The van der Waals surface area contributed by atoms with Gasteiger partial charge in [0.2, 0.25) is 0 Å². The summed E-state index contributed by atoms with van der Waals surface area (Å²) in [7, 11) is 1.77. The number of aromatic nitrogens is 2. The molecule has 0 bridgehead atoms. The van der Waals surface area contributed by atoms with Crippen LogP contribution in [-0.4, -0.2) is 41.3 Å². The molecule has 1 aromatic carbocycles. The van der Waals surface area contributed by atoms with E-state index in [4.69, 9.17) is 14.2 Å². The van der Waals surface area contributed by atoms with Crippen LogP contribution in [0.5, 0.6) is 0 Å². The first-order valence-electron chi connectivity index (χ1n) is 8.98. The molecule has 2 atom stereocenters. The highest BCUT2D eigenvalue weighted by atomic mass is 32.1. The van der Waals surface area contributed by atoms with Gasteiger partial charge in [0.25, 0.3) is 0 Å². The number of hydrogen-bond donors (Lipinski definition) is 0. The summed E-state index contributed by atoms with van der Waals surface area (Å²) in [5.74, 6) is 1.05. The van der Waals surface area contributed by atoms with Crippen molar-refractivity contribution in [3.63, 3.8) is 0 Å². The van der Waals surface area contributed by atoms with E-state index in [0.717, 1.165) is 53.8 Å². The Kier molecular flexibility index (Phi) is 5.33. The fourth-order valence-electron chi connectivity index (χ4n) is 3.62. The minimum Gasteiger partial charge on any atom is -0.380 e. The normalized spacial score (nSPS) is 20.4. The Morgan fingerprint density at radius 2 is 2.11 bits per heavy atom. The van der Waals surface area contributed by atoms with Gasteiger partial charge in [0.1, 0.15) is 16.6 Å². The summed E-state index contributed by atoms with van der Waals surface area (Å²) >= 11 is 1.64. The van der Waals surface area contributed by atoms with Crippen LogP contribution in [-0.2, 0) is 17.7 Å². The highest BCUT2D eigenvalue weighted by molar-refractivity contribution is 7.09. The largest absolute Gasteiger partial charge is 0.380 e. The zero-order chi connectivity index (χ0) is 18.8. The van der Waals surface area contributed by atoms with Crippen molar-refractivity contribution < 1.29 is 13.7 Å². The van der Waals surface area contributed by atoms with E-state index in [2.05, 4.69) is 10.1 Å². The Morgan fingerprint density at radius 3 is 2.81 bits per heavy atom. The summed E-state index contributed by atoms with van der Waals surface area (Å²) in [6.07, 6.45) is 1.00. The first-order chi connectivity index (χ1) is 13.1. The van der Waals surface area contributed by atoms with Crippen molar-refractivity contribution in [2.75, 3.05) is 20.2 Å². The number of aryl methyl sites for hydroxylation is 1. The molecular formula is C20H22FN3O2S. The molecule has 4 rings (SSSR count). The van der Waals surface area contributed by atoms with Crippen molar-refractivity contribution in [2.24, 2.45) is 5.92 Å². The van der Waals surface area contributed by atoms with E-state index in [-0.39, 0.29) is 11.9 Å². The lowest BCUT2D eigenvalue weighted by Crippen LogP contribution is -2.23. The van der Waals surface area contributed by atoms with Crippen LogP contribution in [0.2, 0.25) is 0 Å². The van der Waals surface area contributed by atoms with Crippen molar-refractivity contribution in [2.45, 2.75) is 26.0 Å². The molecule has 1 saturated heterocycles. The molecular weight excluding hydrogens is 365 g/mol. The van der Waals surface area contributed by atoms with Gasteiger partial charge >= 0.3 is 0 Å². The summed E-state index contributed by atoms with van der Waals surface area (Å²) in [6.45, 7) is 4.53. The SMILES string of the molecule is CO[C@H]1CN(Cc2nc(-c3ccc(F)cc3)cs2)C[C@H]1Cc1cc(C)no1. The lowest BCUT2D eigenvalue weighted by atomic mass is 10.0. The van der Waals surface area contributed by atoms with Gasteiger partial charge in [-0.2, -0.15) is 0 Å². The molecule has 142 valence electrons. The average molecular weight is 387 g/mol. The maximum atomic E-state index is 13.1. The maximum absolute atomic E-state index is 13.1. The number of benzene rings is 1. The predicted octanol–water partition coefficient (Wildman–Crippen LogP) is 3.94. The third-order valence-electron chi connectivity index (χ3n) is 4.95. The van der Waals surface area contributed by atoms with Crippen molar-refractivity contribution >= 4 is 11.3 Å². The summed E-state index contributed by atoms with van der Waals surface area (Å²) in [5.41, 5.74) is 2.74. The van der Waals surface area contributed by atoms with E-state index in [1.807, 2.05) is 18.4 Å². The van der Waals surface area contributed by atoms with Gasteiger partial charge in [0.15, 0.2) is 0 Å². The molecule has 0 unspecified atom stereocenters. The third-order valence-corrected chi connectivity index (χ3v) is 5.78. The Bertz CT molecular complexity index is 893. The molecule has 27 heavy (non-hydrogen) atoms. The summed E-state index contributed by atoms with van der Waals surface area (Å²) in [5, 5.41) is 7.06. The van der Waals surface area contributed by atoms with Crippen LogP contribution in [0.15, 0.2) is 40.2 Å². The Labute approximate surface area is 161 Å². The second-order valence-corrected chi connectivity index (χ2v) is 7.94. The lowest BCUT2D eigenvalue weighted by molar-refractivity contribution is 0.0761. The molecule has 7 heteroatoms. The van der Waals surface area contributed by atoms with Crippen molar-refractivity contribution in [1.82, 2.24) is 15.0 Å². The maximum Gasteiger partial charge on any atom is 0.137 e. The third kappa shape index (κ3) is 4.26. The van der Waals surface area contributed by atoms with E-state index in [9.17, 15) is 4.39 Å². The number of rotatable bonds is 6. The minimum absolute atomic E-state index is 0.173. The van der Waals surface area contributed by atoms with Gasteiger partial charge in [0.05, 0.1) is 24.0 Å². The minimum atomic E-state index is -0.232. The van der Waals surface area contributed by atoms with Gasteiger partial charge in [-0.05, 0) is 31.2 Å². The molecule has 2 aromatic heterocycles. The molecule has 1 aliphatic heterocycles. The number of hydrogen-bond acceptors (Lipinski definition) is 6. The summed E-state index contributed by atoms with van der Waals surface area (Å²) < 4.78 is 24.2. The molecule has 0 aliphatic carbocycles. The predicted molar refractivity (Wildman–Crippen MR) is 102 cm³/mol. The Balaban J connectivity index is 1.40. The highest BCUT2D eigenvalue weighted by Crippen LogP contribution is 2.28. The summed E-state index contributed by atoms with van der Waals surface area (Å²) in [6, 6.07) is 8.45. The van der Waals surface area contributed by atoms with Gasteiger partial charge in [-0.3, -0.25) is 4.90 Å². The zero-order valence-electron chi connectivity index (χ0n) is 15.4. The number of methoxy groups -OCH3 is 1. The average Bonchev–Trinajstić information content (AvgIpc) is 3.37. The smallest absolute Gasteiger partial charge is 0.137 e. The highest BCUT2D eigenvalue weighted by Gasteiger charge is 2.34. The molecule has 0 saturated carbocycles. The second kappa shape index (κ2) is 7.88. The molecule has 1 aliphatic rings. The van der Waals surface area contributed by atoms with Crippen LogP contribution >= 0.6 is 11.3 Å². The van der Waals surface area contributed by atoms with Crippen LogP contribution in [0, 0.1) is 18.7 Å². The topological polar surface area (TPSA) is 51.4 Å². The first kappa shape index (κ1) is 18.3. The van der Waals surface area contributed by atoms with E-state index < -0.39 is 0 Å². The molecule has 5 nitrogen and oxygen atoms in total. The fourth-order valence-corrected chi connectivity index (χ4v) is 4.46. The van der Waals surface area contributed by atoms with Crippen molar-refractivity contribution in [3.05, 3.63) is 58.0 Å². The number of thiazole rings is 1. The van der Waals surface area contributed by atoms with Gasteiger partial charge in [-0.1, -0.05) is 5.16 Å². The molecule has 0 spiro atoms. The van der Waals surface area contributed by atoms with E-state index in [0.29, 0.717) is 5.92 Å². The van der Waals surface area contributed by atoms with Crippen molar-refractivity contribution in [1.29, 1.82) is 0 Å². The lowest BCUT2D eigenvalue weighted by Gasteiger charge is -2.14. The number of halogens is 1. The van der Waals surface area contributed by atoms with Gasteiger partial charge in [0, 0.05) is 49.5 Å². The van der Waals surface area contributed by atoms with Gasteiger partial charge < -0.3 is 9.26 Å². The summed E-state index contributed by atoms with van der Waals surface area (Å²) in [4.78, 5) is 7.09. The van der Waals surface area contributed by atoms with E-state index >= 15 is 0 Å². The van der Waals surface area contributed by atoms with Crippen LogP contribution in [0.1, 0.15) is 16.5 Å². The zero-order valence-corrected chi connectivity index (χ0v) is 16.2. The van der Waals surface area contributed by atoms with Crippen molar-refractivity contribution in [3.8, 4) is 11.3 Å². The van der Waals surface area contributed by atoms with Gasteiger partial charge in [-0.15, -0.1) is 11.3 Å². The number of likely N-dealkylation sites (tertiary alicyclic amines) is 1. The molecule has 3 aromatic rings. The van der Waals surface area contributed by atoms with Crippen LogP contribution in [0.3, 0.4) is 0 Å². The van der Waals surface area contributed by atoms with Gasteiger partial charge in [-0.25, -0.2) is 9.37 Å². The quantitative estimate of drug-likeness (QED) is 0.641. The molecule has 0 radical (unpaired) electrons. The standard InChI is InChI=1S/C20H22FN3O2S/c1-13-7-17(26-23-13)8-15-9-24(10-19(15)25-2)11-20-22-18(12-27-20)14-3-5-16(21)6-4-14/h3-7,12,15,19H,8-11H2,1-2H3/t15-,19+/m1/s1. The van der Waals surface area contributed by atoms with Crippen LogP contribution in [0.25, 0.3) is 11.3 Å². The molecule has 3 heterocycles. The number of nitrogens with zero attached hydrogens (tertiary/aromatic N) is 3. The second-order valence-electron chi connectivity index (χ2n) is 7.00. The van der Waals surface area contributed by atoms with Crippen LogP contribution in [0.4, 0.5) is 4.39 Å². The number of ether oxygens (including phenoxy) is 1. The Hall–Kier alpha value is -2.09. The first-order valence-corrected chi connectivity index (χ1v) is 9.86. The molecule has 1 fully saturated rings. The Morgan fingerprint density at radius 1 is 1.30 bits per heavy atom. The van der Waals surface area contributed by atoms with E-state index in [1.165, 1.54) is 12.1 Å². The van der Waals surface area contributed by atoms with E-state index in [1.54, 1.807) is 30.6 Å². The fraction of sp³-hybridized carbons (Fsp3) is 0.400. The monoisotopic (exact) mass is 387 g/mol. The molecule has 0 amide bonds. The molecule has 0 N–H and O–H groups in total. The van der Waals surface area contributed by atoms with Crippen LogP contribution < -0.4 is 0 Å².